The van der Waals surface area contributed by atoms with Gasteiger partial charge in [0.15, 0.2) is 0 Å². The SMILES string of the molecule is O=C(O)OC1=C(n2cnc(CO)c2)S[C@@H]2[C@@H](CO)C(=O)N12. The van der Waals surface area contributed by atoms with Gasteiger partial charge in [-0.25, -0.2) is 9.78 Å². The van der Waals surface area contributed by atoms with Gasteiger partial charge < -0.3 is 20.1 Å². The van der Waals surface area contributed by atoms with Gasteiger partial charge in [0, 0.05) is 6.20 Å². The molecule has 1 amide bonds. The lowest BCUT2D eigenvalue weighted by molar-refractivity contribution is -0.151. The molecule has 3 N–H and O–H groups in total. The van der Waals surface area contributed by atoms with Crippen LogP contribution in [0, 0.1) is 5.92 Å². The van der Waals surface area contributed by atoms with E-state index in [4.69, 9.17) is 14.9 Å². The normalized spacial score (nSPS) is 24.1. The molecule has 0 aliphatic carbocycles. The maximum Gasteiger partial charge on any atom is 0.512 e. The number of nitrogens with zero attached hydrogens (tertiary/aromatic N) is 3. The summed E-state index contributed by atoms with van der Waals surface area (Å²) in [6.07, 6.45) is 1.37. The average Bonchev–Trinajstić information content (AvgIpc) is 3.01. The standard InChI is InChI=1S/C11H11N3O6S/c15-2-5-1-13(4-12-5)10-8(20-11(18)19)14-7(17)6(3-16)9(14)21-10/h1,4,6,9,15-16H,2-3H2,(H,18,19)/t6-,9+/m0/s1. The number of aliphatic hydroxyl groups excluding tert-OH is 2. The number of carbonyl (C=O) groups excluding carboxylic acids is 1. The number of thioether (sulfide) groups is 1. The quantitative estimate of drug-likeness (QED) is 0.510. The van der Waals surface area contributed by atoms with E-state index in [1.165, 1.54) is 33.8 Å². The predicted octanol–water partition coefficient (Wildman–Crippen LogP) is -0.323. The van der Waals surface area contributed by atoms with Crippen LogP contribution < -0.4 is 0 Å². The zero-order chi connectivity index (χ0) is 15.1. The number of carboxylic acid groups (broad SMARTS) is 1. The summed E-state index contributed by atoms with van der Waals surface area (Å²) in [5, 5.41) is 27.0. The molecule has 2 aliphatic rings. The van der Waals surface area contributed by atoms with Crippen molar-refractivity contribution in [1.29, 1.82) is 0 Å². The zero-order valence-electron chi connectivity index (χ0n) is 10.5. The lowest BCUT2D eigenvalue weighted by Crippen LogP contribution is -2.58. The predicted molar refractivity (Wildman–Crippen MR) is 69.3 cm³/mol. The third-order valence-corrected chi connectivity index (χ3v) is 4.59. The minimum absolute atomic E-state index is 0.103. The van der Waals surface area contributed by atoms with Crippen LogP contribution in [0.25, 0.3) is 5.03 Å². The largest absolute Gasteiger partial charge is 0.512 e. The monoisotopic (exact) mass is 313 g/mol. The van der Waals surface area contributed by atoms with Crippen molar-refractivity contribution in [3.63, 3.8) is 0 Å². The molecule has 0 radical (unpaired) electrons. The molecule has 9 nitrogen and oxygen atoms in total. The van der Waals surface area contributed by atoms with E-state index in [0.29, 0.717) is 10.7 Å². The number of β-lactam (4-membered cyclic amide) rings is 1. The molecular weight excluding hydrogens is 302 g/mol. The van der Waals surface area contributed by atoms with Crippen molar-refractivity contribution in [1.82, 2.24) is 14.5 Å². The number of ether oxygens (including phenoxy) is 1. The molecule has 112 valence electrons. The molecule has 2 atom stereocenters. The molecule has 1 saturated heterocycles. The van der Waals surface area contributed by atoms with Crippen molar-refractivity contribution >= 4 is 28.9 Å². The van der Waals surface area contributed by atoms with Crippen LogP contribution in [0.4, 0.5) is 4.79 Å². The fourth-order valence-electron chi connectivity index (χ4n) is 2.21. The van der Waals surface area contributed by atoms with E-state index >= 15 is 0 Å². The molecule has 21 heavy (non-hydrogen) atoms. The summed E-state index contributed by atoms with van der Waals surface area (Å²) in [7, 11) is 0. The van der Waals surface area contributed by atoms with Gasteiger partial charge in [0.1, 0.15) is 16.7 Å². The molecule has 3 heterocycles. The van der Waals surface area contributed by atoms with Gasteiger partial charge in [0.25, 0.3) is 0 Å². The number of rotatable bonds is 4. The molecule has 10 heteroatoms. The Morgan fingerprint density at radius 2 is 2.24 bits per heavy atom. The van der Waals surface area contributed by atoms with Crippen molar-refractivity contribution in [3.05, 3.63) is 24.1 Å². The summed E-state index contributed by atoms with van der Waals surface area (Å²) >= 11 is 1.20. The van der Waals surface area contributed by atoms with E-state index in [-0.39, 0.29) is 25.0 Å². The number of hydrogen-bond donors (Lipinski definition) is 3. The highest BCUT2D eigenvalue weighted by Crippen LogP contribution is 2.51. The van der Waals surface area contributed by atoms with Gasteiger partial charge >= 0.3 is 6.16 Å². The maximum atomic E-state index is 11.9. The minimum atomic E-state index is -1.54. The first-order chi connectivity index (χ1) is 10.1. The molecule has 1 aromatic heterocycles. The fourth-order valence-corrected chi connectivity index (χ4v) is 3.58. The summed E-state index contributed by atoms with van der Waals surface area (Å²) in [5.41, 5.74) is 0.400. The molecular formula is C11H11N3O6S. The molecule has 0 aromatic carbocycles. The Balaban J connectivity index is 1.97. The summed E-state index contributed by atoms with van der Waals surface area (Å²) < 4.78 is 6.19. The molecule has 1 fully saturated rings. The lowest BCUT2D eigenvalue weighted by atomic mass is 10.00. The number of hydrogen-bond acceptors (Lipinski definition) is 7. The molecule has 0 bridgehead atoms. The van der Waals surface area contributed by atoms with E-state index in [1.807, 2.05) is 0 Å². The van der Waals surface area contributed by atoms with Crippen LogP contribution in [0.2, 0.25) is 0 Å². The van der Waals surface area contributed by atoms with Crippen molar-refractivity contribution in [2.45, 2.75) is 12.0 Å². The number of aromatic nitrogens is 2. The smallest absolute Gasteiger partial charge is 0.449 e. The zero-order valence-corrected chi connectivity index (χ0v) is 11.4. The minimum Gasteiger partial charge on any atom is -0.449 e. The first-order valence-electron chi connectivity index (χ1n) is 5.96. The van der Waals surface area contributed by atoms with Crippen molar-refractivity contribution < 1.29 is 29.6 Å². The highest BCUT2D eigenvalue weighted by molar-refractivity contribution is 8.08. The third kappa shape index (κ3) is 2.07. The van der Waals surface area contributed by atoms with Gasteiger partial charge in [-0.2, -0.15) is 0 Å². The van der Waals surface area contributed by atoms with Gasteiger partial charge in [-0.1, -0.05) is 11.8 Å². The Hall–Kier alpha value is -2.04. The molecule has 1 aromatic rings. The van der Waals surface area contributed by atoms with Crippen molar-refractivity contribution in [3.8, 4) is 0 Å². The fraction of sp³-hybridized carbons (Fsp3) is 0.364. The van der Waals surface area contributed by atoms with Crippen LogP contribution in [0.3, 0.4) is 0 Å². The maximum absolute atomic E-state index is 11.9. The van der Waals surface area contributed by atoms with E-state index in [2.05, 4.69) is 4.98 Å². The molecule has 3 rings (SSSR count). The van der Waals surface area contributed by atoms with E-state index in [0.717, 1.165) is 0 Å². The van der Waals surface area contributed by atoms with Crippen molar-refractivity contribution in [2.75, 3.05) is 6.61 Å². The van der Waals surface area contributed by atoms with Crippen LogP contribution in [0.5, 0.6) is 0 Å². The molecule has 2 aliphatic heterocycles. The number of fused-ring (bicyclic) bond motifs is 1. The Morgan fingerprint density at radius 1 is 1.48 bits per heavy atom. The van der Waals surface area contributed by atoms with Gasteiger partial charge in [0.05, 0.1) is 24.8 Å². The van der Waals surface area contributed by atoms with Crippen LogP contribution in [0.15, 0.2) is 18.4 Å². The first kappa shape index (κ1) is 13.9. The average molecular weight is 313 g/mol. The number of carbonyl (C=O) groups is 2. The highest BCUT2D eigenvalue weighted by atomic mass is 32.2. The van der Waals surface area contributed by atoms with Crippen LogP contribution in [-0.4, -0.2) is 53.8 Å². The summed E-state index contributed by atoms with van der Waals surface area (Å²) in [6.45, 7) is -0.572. The number of aliphatic hydroxyl groups is 2. The summed E-state index contributed by atoms with van der Waals surface area (Å²) in [4.78, 5) is 27.8. The Bertz CT molecular complexity index is 642. The Labute approximate surface area is 122 Å². The second kappa shape index (κ2) is 5.06. The van der Waals surface area contributed by atoms with Crippen LogP contribution in [0.1, 0.15) is 5.69 Å². The second-order valence-electron chi connectivity index (χ2n) is 4.41. The highest BCUT2D eigenvalue weighted by Gasteiger charge is 2.56. The van der Waals surface area contributed by atoms with Gasteiger partial charge in [-0.3, -0.25) is 14.3 Å². The molecule has 0 unspecified atom stereocenters. The van der Waals surface area contributed by atoms with E-state index in [9.17, 15) is 14.7 Å². The topological polar surface area (TPSA) is 125 Å². The van der Waals surface area contributed by atoms with Gasteiger partial charge in [-0.05, 0) is 0 Å². The van der Waals surface area contributed by atoms with E-state index in [1.54, 1.807) is 0 Å². The molecule has 0 saturated carbocycles. The number of imidazole rings is 1. The summed E-state index contributed by atoms with van der Waals surface area (Å²) in [6, 6.07) is 0. The van der Waals surface area contributed by atoms with E-state index < -0.39 is 17.4 Å². The summed E-state index contributed by atoms with van der Waals surface area (Å²) in [5.74, 6) is -1.07. The van der Waals surface area contributed by atoms with Gasteiger partial charge in [0.2, 0.25) is 11.8 Å². The van der Waals surface area contributed by atoms with Crippen LogP contribution in [-0.2, 0) is 16.1 Å². The van der Waals surface area contributed by atoms with Crippen LogP contribution >= 0.6 is 11.8 Å². The Kier molecular flexibility index (Phi) is 3.35. The number of amides is 1. The second-order valence-corrected chi connectivity index (χ2v) is 5.52. The van der Waals surface area contributed by atoms with Gasteiger partial charge in [-0.15, -0.1) is 0 Å². The lowest BCUT2D eigenvalue weighted by Gasteiger charge is -2.40. The Morgan fingerprint density at radius 3 is 2.81 bits per heavy atom. The first-order valence-corrected chi connectivity index (χ1v) is 6.84. The third-order valence-electron chi connectivity index (χ3n) is 3.20. The molecule has 0 spiro atoms. The van der Waals surface area contributed by atoms with Crippen molar-refractivity contribution in [2.24, 2.45) is 5.92 Å².